The zero-order valence-electron chi connectivity index (χ0n) is 13.4. The van der Waals surface area contributed by atoms with Crippen LogP contribution in [0.25, 0.3) is 0 Å². The van der Waals surface area contributed by atoms with Crippen molar-refractivity contribution >= 4 is 0 Å². The molecule has 19 heavy (non-hydrogen) atoms. The molecule has 6 unspecified atom stereocenters. The fourth-order valence-electron chi connectivity index (χ4n) is 6.19. The van der Waals surface area contributed by atoms with Crippen LogP contribution >= 0.6 is 0 Å². The third kappa shape index (κ3) is 1.93. The second kappa shape index (κ2) is 4.93. The second-order valence-electron chi connectivity index (χ2n) is 7.92. The van der Waals surface area contributed by atoms with Gasteiger partial charge in [-0.2, -0.15) is 0 Å². The van der Waals surface area contributed by atoms with Crippen LogP contribution in [0.4, 0.5) is 0 Å². The van der Waals surface area contributed by atoms with Crippen LogP contribution in [-0.2, 0) is 0 Å². The van der Waals surface area contributed by atoms with Gasteiger partial charge < -0.3 is 0 Å². The van der Waals surface area contributed by atoms with Crippen molar-refractivity contribution in [3.8, 4) is 0 Å². The standard InChI is InChI=1S/C19H32/c1-5-7-15-14(6-2)9-10-16-17(15)12-19(4)13(3)8-11-18(16)19/h6,13,15-18H,5,7-12H2,1-4H3/b14-6-. The minimum Gasteiger partial charge on any atom is -0.0882 e. The van der Waals surface area contributed by atoms with Gasteiger partial charge >= 0.3 is 0 Å². The van der Waals surface area contributed by atoms with E-state index in [1.165, 1.54) is 44.9 Å². The Balaban J connectivity index is 1.88. The lowest BCUT2D eigenvalue weighted by atomic mass is 9.67. The average molecular weight is 260 g/mol. The predicted molar refractivity (Wildman–Crippen MR) is 83.0 cm³/mol. The van der Waals surface area contributed by atoms with Crippen molar-refractivity contribution < 1.29 is 0 Å². The van der Waals surface area contributed by atoms with E-state index in [-0.39, 0.29) is 0 Å². The fourth-order valence-corrected chi connectivity index (χ4v) is 6.19. The maximum Gasteiger partial charge on any atom is -0.0172 e. The first-order chi connectivity index (χ1) is 9.11. The SMILES string of the molecule is C/C=C1/CCC2C(CC3(C)C(C)CCC23)C1CCC. The van der Waals surface area contributed by atoms with Crippen molar-refractivity contribution in [1.29, 1.82) is 0 Å². The van der Waals surface area contributed by atoms with Crippen molar-refractivity contribution in [2.24, 2.45) is 35.0 Å². The first-order valence-corrected chi connectivity index (χ1v) is 8.76. The molecule has 0 nitrogen and oxygen atoms in total. The molecular weight excluding hydrogens is 228 g/mol. The number of rotatable bonds is 2. The molecule has 0 bridgehead atoms. The molecule has 3 aliphatic carbocycles. The smallest absolute Gasteiger partial charge is 0.0172 e. The van der Waals surface area contributed by atoms with Gasteiger partial charge in [0.1, 0.15) is 0 Å². The Hall–Kier alpha value is -0.260. The van der Waals surface area contributed by atoms with Crippen LogP contribution in [-0.4, -0.2) is 0 Å². The van der Waals surface area contributed by atoms with Crippen molar-refractivity contribution in [1.82, 2.24) is 0 Å². The number of fused-ring (bicyclic) bond motifs is 3. The third-order valence-corrected chi connectivity index (χ3v) is 7.36. The average Bonchev–Trinajstić information content (AvgIpc) is 2.84. The highest BCUT2D eigenvalue weighted by Gasteiger charge is 2.58. The summed E-state index contributed by atoms with van der Waals surface area (Å²) in [5.74, 6) is 5.06. The van der Waals surface area contributed by atoms with Gasteiger partial charge in [-0.25, -0.2) is 0 Å². The maximum atomic E-state index is 2.63. The van der Waals surface area contributed by atoms with E-state index in [4.69, 9.17) is 0 Å². The number of hydrogen-bond donors (Lipinski definition) is 0. The van der Waals surface area contributed by atoms with Gasteiger partial charge in [0.15, 0.2) is 0 Å². The van der Waals surface area contributed by atoms with E-state index in [9.17, 15) is 0 Å². The van der Waals surface area contributed by atoms with Gasteiger partial charge in [-0.1, -0.05) is 38.8 Å². The largest absolute Gasteiger partial charge is 0.0882 e. The van der Waals surface area contributed by atoms with Gasteiger partial charge in [0.2, 0.25) is 0 Å². The lowest BCUT2D eigenvalue weighted by Gasteiger charge is -2.38. The minimum atomic E-state index is 0.685. The number of hydrogen-bond acceptors (Lipinski definition) is 0. The molecule has 0 heteroatoms. The second-order valence-corrected chi connectivity index (χ2v) is 7.92. The Morgan fingerprint density at radius 2 is 2.00 bits per heavy atom. The highest BCUT2D eigenvalue weighted by atomic mass is 14.6. The van der Waals surface area contributed by atoms with Crippen LogP contribution < -0.4 is 0 Å². The normalized spacial score (nSPS) is 51.4. The van der Waals surface area contributed by atoms with Crippen LogP contribution in [0.5, 0.6) is 0 Å². The van der Waals surface area contributed by atoms with E-state index in [2.05, 4.69) is 33.8 Å². The Bertz CT molecular complexity index is 366. The highest BCUT2D eigenvalue weighted by molar-refractivity contribution is 5.17. The highest BCUT2D eigenvalue weighted by Crippen LogP contribution is 2.66. The summed E-state index contributed by atoms with van der Waals surface area (Å²) in [4.78, 5) is 0. The molecule has 3 fully saturated rings. The molecule has 0 aromatic rings. The molecule has 0 amide bonds. The topological polar surface area (TPSA) is 0 Å². The summed E-state index contributed by atoms with van der Waals surface area (Å²) >= 11 is 0. The summed E-state index contributed by atoms with van der Waals surface area (Å²) in [6.45, 7) is 9.81. The molecule has 108 valence electrons. The molecule has 0 radical (unpaired) electrons. The summed E-state index contributed by atoms with van der Waals surface area (Å²) in [6.07, 6.45) is 12.7. The molecule has 3 rings (SSSR count). The lowest BCUT2D eigenvalue weighted by molar-refractivity contribution is 0.174. The van der Waals surface area contributed by atoms with Gasteiger partial charge in [-0.15, -0.1) is 0 Å². The van der Waals surface area contributed by atoms with Crippen LogP contribution in [0, 0.1) is 35.0 Å². The summed E-state index contributed by atoms with van der Waals surface area (Å²) in [7, 11) is 0. The Labute approximate surface area is 120 Å². The monoisotopic (exact) mass is 260 g/mol. The zero-order valence-corrected chi connectivity index (χ0v) is 13.4. The number of allylic oxidation sites excluding steroid dienone is 2. The molecule has 0 aliphatic heterocycles. The molecule has 0 spiro atoms. The molecule has 6 atom stereocenters. The first kappa shape index (κ1) is 13.7. The molecule has 0 aromatic heterocycles. The van der Waals surface area contributed by atoms with Gasteiger partial charge in [-0.05, 0) is 80.5 Å². The Morgan fingerprint density at radius 1 is 1.21 bits per heavy atom. The van der Waals surface area contributed by atoms with Crippen molar-refractivity contribution in [3.63, 3.8) is 0 Å². The molecule has 3 saturated carbocycles. The van der Waals surface area contributed by atoms with E-state index in [1.54, 1.807) is 5.57 Å². The van der Waals surface area contributed by atoms with Gasteiger partial charge in [0, 0.05) is 0 Å². The first-order valence-electron chi connectivity index (χ1n) is 8.76. The van der Waals surface area contributed by atoms with Crippen molar-refractivity contribution in [2.75, 3.05) is 0 Å². The Kier molecular flexibility index (Phi) is 3.56. The summed E-state index contributed by atoms with van der Waals surface area (Å²) in [6, 6.07) is 0. The van der Waals surface area contributed by atoms with E-state index in [0.717, 1.165) is 29.6 Å². The van der Waals surface area contributed by atoms with E-state index in [1.807, 2.05) is 0 Å². The van der Waals surface area contributed by atoms with Gasteiger partial charge in [-0.3, -0.25) is 0 Å². The van der Waals surface area contributed by atoms with Gasteiger partial charge in [0.25, 0.3) is 0 Å². The fraction of sp³-hybridized carbons (Fsp3) is 0.895. The molecule has 0 heterocycles. The summed E-state index contributed by atoms with van der Waals surface area (Å²) in [5, 5.41) is 0. The Morgan fingerprint density at radius 3 is 2.68 bits per heavy atom. The summed E-state index contributed by atoms with van der Waals surface area (Å²) in [5.41, 5.74) is 2.49. The zero-order chi connectivity index (χ0) is 13.6. The van der Waals surface area contributed by atoms with Gasteiger partial charge in [0.05, 0.1) is 0 Å². The summed E-state index contributed by atoms with van der Waals surface area (Å²) < 4.78 is 0. The predicted octanol–water partition coefficient (Wildman–Crippen LogP) is 5.83. The van der Waals surface area contributed by atoms with E-state index >= 15 is 0 Å². The molecular formula is C19H32. The maximum absolute atomic E-state index is 2.63. The van der Waals surface area contributed by atoms with Crippen LogP contribution in [0.15, 0.2) is 11.6 Å². The van der Waals surface area contributed by atoms with Crippen molar-refractivity contribution in [3.05, 3.63) is 11.6 Å². The van der Waals surface area contributed by atoms with Crippen LogP contribution in [0.2, 0.25) is 0 Å². The molecule has 0 saturated heterocycles. The quantitative estimate of drug-likeness (QED) is 0.548. The lowest BCUT2D eigenvalue weighted by Crippen LogP contribution is -2.29. The van der Waals surface area contributed by atoms with Crippen LogP contribution in [0.3, 0.4) is 0 Å². The molecule has 3 aliphatic rings. The minimum absolute atomic E-state index is 0.685. The van der Waals surface area contributed by atoms with E-state index in [0.29, 0.717) is 5.41 Å². The van der Waals surface area contributed by atoms with Crippen LogP contribution in [0.1, 0.15) is 72.6 Å². The van der Waals surface area contributed by atoms with Crippen molar-refractivity contribution in [2.45, 2.75) is 72.6 Å². The molecule has 0 N–H and O–H groups in total. The third-order valence-electron chi connectivity index (χ3n) is 7.36. The van der Waals surface area contributed by atoms with E-state index < -0.39 is 0 Å². The molecule has 0 aromatic carbocycles.